The fraction of sp³-hybridized carbons (Fsp3) is 0.312. The first kappa shape index (κ1) is 14.6. The fourth-order valence-corrected chi connectivity index (χ4v) is 2.28. The topological polar surface area (TPSA) is 84.3 Å². The Balaban J connectivity index is 1.70. The summed E-state index contributed by atoms with van der Waals surface area (Å²) in [5, 5.41) is 20.5. The third-order valence-electron chi connectivity index (χ3n) is 3.61. The molecule has 1 aromatic carbocycles. The molecule has 1 aliphatic rings. The summed E-state index contributed by atoms with van der Waals surface area (Å²) in [5.41, 5.74) is 3.05. The van der Waals surface area contributed by atoms with Crippen LogP contribution in [0.15, 0.2) is 36.4 Å². The number of ether oxygens (including phenoxy) is 1. The standard InChI is InChI=1S/C16H17N3O3/c1-10-2-7-13(19-18-10)11-3-5-12(6-4-11)16(21)17-14-8-22-9-15(14)20/h2-7,14-15,20H,8-9H2,1H3,(H,17,21). The Morgan fingerprint density at radius 1 is 1.18 bits per heavy atom. The van der Waals surface area contributed by atoms with E-state index in [2.05, 4.69) is 15.5 Å². The smallest absolute Gasteiger partial charge is 0.251 e. The van der Waals surface area contributed by atoms with E-state index in [1.165, 1.54) is 0 Å². The first-order valence-electron chi connectivity index (χ1n) is 7.11. The first-order chi connectivity index (χ1) is 10.6. The summed E-state index contributed by atoms with van der Waals surface area (Å²) in [4.78, 5) is 12.1. The third kappa shape index (κ3) is 3.13. The van der Waals surface area contributed by atoms with Crippen LogP contribution in [0.2, 0.25) is 0 Å². The van der Waals surface area contributed by atoms with Crippen LogP contribution in [0.5, 0.6) is 0 Å². The molecule has 22 heavy (non-hydrogen) atoms. The molecule has 2 heterocycles. The van der Waals surface area contributed by atoms with Gasteiger partial charge in [-0.3, -0.25) is 4.79 Å². The molecule has 2 unspecified atom stereocenters. The first-order valence-corrected chi connectivity index (χ1v) is 7.11. The Morgan fingerprint density at radius 3 is 2.55 bits per heavy atom. The van der Waals surface area contributed by atoms with Crippen molar-refractivity contribution in [2.75, 3.05) is 13.2 Å². The van der Waals surface area contributed by atoms with Crippen LogP contribution in [-0.2, 0) is 4.74 Å². The van der Waals surface area contributed by atoms with E-state index in [0.717, 1.165) is 17.0 Å². The van der Waals surface area contributed by atoms with E-state index in [1.807, 2.05) is 31.2 Å². The predicted molar refractivity (Wildman–Crippen MR) is 80.3 cm³/mol. The maximum atomic E-state index is 12.1. The van der Waals surface area contributed by atoms with Crippen molar-refractivity contribution in [1.29, 1.82) is 0 Å². The molecule has 6 heteroatoms. The Morgan fingerprint density at radius 2 is 1.95 bits per heavy atom. The molecule has 2 atom stereocenters. The van der Waals surface area contributed by atoms with E-state index in [-0.39, 0.29) is 18.6 Å². The minimum absolute atomic E-state index is 0.226. The lowest BCUT2D eigenvalue weighted by Gasteiger charge is -2.14. The van der Waals surface area contributed by atoms with Gasteiger partial charge >= 0.3 is 0 Å². The summed E-state index contributed by atoms with van der Waals surface area (Å²) in [6, 6.07) is 10.6. The highest BCUT2D eigenvalue weighted by molar-refractivity contribution is 5.94. The second-order valence-electron chi connectivity index (χ2n) is 5.32. The summed E-state index contributed by atoms with van der Waals surface area (Å²) in [6.07, 6.45) is -0.647. The number of nitrogens with one attached hydrogen (secondary N) is 1. The molecule has 0 saturated carbocycles. The van der Waals surface area contributed by atoms with Gasteiger partial charge in [0.15, 0.2) is 0 Å². The van der Waals surface area contributed by atoms with Gasteiger partial charge in [-0.25, -0.2) is 0 Å². The van der Waals surface area contributed by atoms with Gasteiger partial charge in [-0.05, 0) is 31.2 Å². The van der Waals surface area contributed by atoms with Crippen LogP contribution in [0.25, 0.3) is 11.3 Å². The number of aliphatic hydroxyl groups excluding tert-OH is 1. The Hall–Kier alpha value is -2.31. The molecule has 0 aliphatic carbocycles. The zero-order valence-electron chi connectivity index (χ0n) is 12.2. The highest BCUT2D eigenvalue weighted by Crippen LogP contribution is 2.17. The van der Waals surface area contributed by atoms with Gasteiger partial charge in [0.05, 0.1) is 36.7 Å². The number of hydrogen-bond donors (Lipinski definition) is 2. The number of hydrogen-bond acceptors (Lipinski definition) is 5. The van der Waals surface area contributed by atoms with Crippen molar-refractivity contribution in [2.45, 2.75) is 19.1 Å². The molecule has 1 fully saturated rings. The molecule has 1 aromatic heterocycles. The molecule has 1 saturated heterocycles. The Labute approximate surface area is 128 Å². The normalized spacial score (nSPS) is 20.8. The zero-order valence-corrected chi connectivity index (χ0v) is 12.2. The largest absolute Gasteiger partial charge is 0.388 e. The lowest BCUT2D eigenvalue weighted by molar-refractivity contribution is 0.0886. The molecular formula is C16H17N3O3. The van der Waals surface area contributed by atoms with Gasteiger partial charge in [0.25, 0.3) is 5.91 Å². The molecule has 0 spiro atoms. The van der Waals surface area contributed by atoms with Gasteiger partial charge in [0.1, 0.15) is 0 Å². The van der Waals surface area contributed by atoms with Gasteiger partial charge in [-0.15, -0.1) is 0 Å². The van der Waals surface area contributed by atoms with E-state index >= 15 is 0 Å². The van der Waals surface area contributed by atoms with Crippen LogP contribution < -0.4 is 5.32 Å². The predicted octanol–water partition coefficient (Wildman–Crippen LogP) is 0.942. The van der Waals surface area contributed by atoms with Gasteiger partial charge in [-0.2, -0.15) is 10.2 Å². The highest BCUT2D eigenvalue weighted by atomic mass is 16.5. The second-order valence-corrected chi connectivity index (χ2v) is 5.32. The minimum Gasteiger partial charge on any atom is -0.388 e. The number of aliphatic hydroxyl groups is 1. The SMILES string of the molecule is Cc1ccc(-c2ccc(C(=O)NC3COCC3O)cc2)nn1. The Kier molecular flexibility index (Phi) is 4.13. The van der Waals surface area contributed by atoms with Crippen molar-refractivity contribution in [1.82, 2.24) is 15.5 Å². The van der Waals surface area contributed by atoms with E-state index in [1.54, 1.807) is 12.1 Å². The van der Waals surface area contributed by atoms with E-state index in [4.69, 9.17) is 4.74 Å². The van der Waals surface area contributed by atoms with Crippen LogP contribution in [-0.4, -0.2) is 46.6 Å². The number of aromatic nitrogens is 2. The maximum Gasteiger partial charge on any atom is 0.251 e. The number of benzene rings is 1. The fourth-order valence-electron chi connectivity index (χ4n) is 2.28. The number of carbonyl (C=O) groups is 1. The average molecular weight is 299 g/mol. The van der Waals surface area contributed by atoms with Crippen LogP contribution in [0, 0.1) is 6.92 Å². The van der Waals surface area contributed by atoms with E-state index in [9.17, 15) is 9.90 Å². The minimum atomic E-state index is -0.647. The van der Waals surface area contributed by atoms with Crippen molar-refractivity contribution in [3.05, 3.63) is 47.7 Å². The van der Waals surface area contributed by atoms with E-state index < -0.39 is 6.10 Å². The second kappa shape index (κ2) is 6.21. The molecule has 1 aliphatic heterocycles. The summed E-state index contributed by atoms with van der Waals surface area (Å²) >= 11 is 0. The van der Waals surface area contributed by atoms with Crippen LogP contribution in [0.3, 0.4) is 0 Å². The van der Waals surface area contributed by atoms with Crippen LogP contribution in [0.4, 0.5) is 0 Å². The van der Waals surface area contributed by atoms with Crippen molar-refractivity contribution in [3.8, 4) is 11.3 Å². The van der Waals surface area contributed by atoms with Crippen molar-refractivity contribution in [2.24, 2.45) is 0 Å². The van der Waals surface area contributed by atoms with Gasteiger partial charge < -0.3 is 15.2 Å². The molecule has 114 valence electrons. The molecule has 2 N–H and O–H groups in total. The molecule has 1 amide bonds. The maximum absolute atomic E-state index is 12.1. The quantitative estimate of drug-likeness (QED) is 0.881. The summed E-state index contributed by atoms with van der Waals surface area (Å²) in [5.74, 6) is -0.226. The van der Waals surface area contributed by atoms with E-state index in [0.29, 0.717) is 12.2 Å². The number of aryl methyl sites for hydroxylation is 1. The van der Waals surface area contributed by atoms with Gasteiger partial charge in [0.2, 0.25) is 0 Å². The molecule has 0 bridgehead atoms. The van der Waals surface area contributed by atoms with Crippen LogP contribution >= 0.6 is 0 Å². The third-order valence-corrected chi connectivity index (χ3v) is 3.61. The number of nitrogens with zero attached hydrogens (tertiary/aromatic N) is 2. The zero-order chi connectivity index (χ0) is 15.5. The van der Waals surface area contributed by atoms with Gasteiger partial charge in [0, 0.05) is 11.1 Å². The number of amides is 1. The highest BCUT2D eigenvalue weighted by Gasteiger charge is 2.27. The lowest BCUT2D eigenvalue weighted by Crippen LogP contribution is -2.42. The monoisotopic (exact) mass is 299 g/mol. The van der Waals surface area contributed by atoms with Crippen molar-refractivity contribution >= 4 is 5.91 Å². The molecule has 2 aromatic rings. The molecular weight excluding hydrogens is 282 g/mol. The van der Waals surface area contributed by atoms with Crippen molar-refractivity contribution in [3.63, 3.8) is 0 Å². The molecule has 6 nitrogen and oxygen atoms in total. The van der Waals surface area contributed by atoms with Gasteiger partial charge in [-0.1, -0.05) is 12.1 Å². The summed E-state index contributed by atoms with van der Waals surface area (Å²) in [7, 11) is 0. The molecule has 3 rings (SSSR count). The summed E-state index contributed by atoms with van der Waals surface area (Å²) < 4.78 is 5.11. The molecule has 0 radical (unpaired) electrons. The van der Waals surface area contributed by atoms with Crippen molar-refractivity contribution < 1.29 is 14.6 Å². The number of rotatable bonds is 3. The number of carbonyl (C=O) groups excluding carboxylic acids is 1. The van der Waals surface area contributed by atoms with Crippen LogP contribution in [0.1, 0.15) is 16.1 Å². The Bertz CT molecular complexity index is 655. The summed E-state index contributed by atoms with van der Waals surface area (Å²) in [6.45, 7) is 2.48. The lowest BCUT2D eigenvalue weighted by atomic mass is 10.1. The average Bonchev–Trinajstić information content (AvgIpc) is 2.93.